The molecule has 0 aliphatic carbocycles. The highest BCUT2D eigenvalue weighted by molar-refractivity contribution is 7.26. The van der Waals surface area contributed by atoms with E-state index in [0.29, 0.717) is 11.1 Å². The number of hydrogen-bond acceptors (Lipinski definition) is 6. The Morgan fingerprint density at radius 1 is 0.340 bits per heavy atom. The molecule has 0 radical (unpaired) electrons. The van der Waals surface area contributed by atoms with Gasteiger partial charge < -0.3 is 23.4 Å². The summed E-state index contributed by atoms with van der Waals surface area (Å²) < 4.78 is 14.2. The summed E-state index contributed by atoms with van der Waals surface area (Å²) in [5.41, 5.74) is 27.6. The second kappa shape index (κ2) is 22.4. The second-order valence-corrected chi connectivity index (χ2v) is 30.9. The van der Waals surface area contributed by atoms with Crippen LogP contribution in [0, 0.1) is 22.7 Å². The third-order valence-corrected chi connectivity index (χ3v) is 23.0. The van der Waals surface area contributed by atoms with Crippen molar-refractivity contribution in [2.24, 2.45) is 0 Å². The molecule has 0 bridgehead atoms. The van der Waals surface area contributed by atoms with Crippen LogP contribution in [-0.2, 0) is 10.8 Å². The summed E-state index contributed by atoms with van der Waals surface area (Å²) in [7, 11) is 0. The predicted molar refractivity (Wildman–Crippen MR) is 432 cm³/mol. The van der Waals surface area contributed by atoms with E-state index in [9.17, 15) is 10.5 Å². The minimum absolute atomic E-state index is 0.160. The average molecular weight is 1340 g/mol. The van der Waals surface area contributed by atoms with Crippen molar-refractivity contribution in [2.45, 2.75) is 52.4 Å². The average Bonchev–Trinajstić information content (AvgIpc) is 1.45. The zero-order valence-corrected chi connectivity index (χ0v) is 58.5. The number of anilines is 6. The summed E-state index contributed by atoms with van der Waals surface area (Å²) in [6, 6.07) is 110. The topological polar surface area (TPSA) is 77.1 Å². The number of benzene rings is 14. The van der Waals surface area contributed by atoms with Crippen LogP contribution in [0.3, 0.4) is 0 Å². The second-order valence-electron chi connectivity index (χ2n) is 29.8. The van der Waals surface area contributed by atoms with E-state index in [-0.39, 0.29) is 17.5 Å². The SMILES string of the molecule is CC(C)(C)c1ccc(N2c3cc(-n4c5ccccc5c5ccccc54)ccc3B3c4ccc(-n5c6ccc(C#N)cc6c6cc(C#N)ccc65)cc4N(c4ccc(C(C)(C)C)cc4-c4ccccc4)c4cc(-c5ccc6oc7ccc8sc9ccccc9c8c7c6c5)cc2c43)c(-c2ccccc2)c1. The third kappa shape index (κ3) is 9.19. The molecule has 0 atom stereocenters. The molecule has 0 amide bonds. The smallest absolute Gasteiger partial charge is 0.252 e. The number of rotatable bonds is 7. The van der Waals surface area contributed by atoms with Gasteiger partial charge in [0.05, 0.1) is 56.7 Å². The first-order chi connectivity index (χ1) is 50.2. The lowest BCUT2D eigenvalue weighted by atomic mass is 9.33. The van der Waals surface area contributed by atoms with Gasteiger partial charge in [0.15, 0.2) is 0 Å². The van der Waals surface area contributed by atoms with Gasteiger partial charge >= 0.3 is 0 Å². The van der Waals surface area contributed by atoms with E-state index in [1.807, 2.05) is 35.6 Å². The molecule has 2 aliphatic heterocycles. The Labute approximate surface area is 600 Å². The van der Waals surface area contributed by atoms with E-state index in [4.69, 9.17) is 4.42 Å². The largest absolute Gasteiger partial charge is 0.456 e. The maximum Gasteiger partial charge on any atom is 0.252 e. The van der Waals surface area contributed by atoms with Crippen molar-refractivity contribution in [3.63, 3.8) is 0 Å². The lowest BCUT2D eigenvalue weighted by molar-refractivity contribution is 0.590. The molecule has 4 aromatic heterocycles. The van der Waals surface area contributed by atoms with Gasteiger partial charge in [0.25, 0.3) is 6.71 Å². The number of furan rings is 1. The van der Waals surface area contributed by atoms with Gasteiger partial charge in [-0.25, -0.2) is 0 Å². The molecule has 14 aromatic carbocycles. The molecule has 0 saturated heterocycles. The summed E-state index contributed by atoms with van der Waals surface area (Å²) in [6.07, 6.45) is 0. The van der Waals surface area contributed by atoms with E-state index in [1.54, 1.807) is 0 Å². The number of hydrogen-bond donors (Lipinski definition) is 0. The van der Waals surface area contributed by atoms with Crippen molar-refractivity contribution in [1.82, 2.24) is 9.13 Å². The zero-order valence-electron chi connectivity index (χ0n) is 57.7. The molecule has 103 heavy (non-hydrogen) atoms. The van der Waals surface area contributed by atoms with Crippen LogP contribution < -0.4 is 26.2 Å². The van der Waals surface area contributed by atoms with Crippen molar-refractivity contribution in [3.05, 3.63) is 307 Å². The van der Waals surface area contributed by atoms with E-state index in [0.717, 1.165) is 139 Å². The molecule has 6 heterocycles. The molecule has 0 fully saturated rings. The molecule has 20 rings (SSSR count). The van der Waals surface area contributed by atoms with Crippen molar-refractivity contribution in [3.8, 4) is 56.9 Å². The van der Waals surface area contributed by atoms with Gasteiger partial charge in [0, 0.05) is 97.7 Å². The lowest BCUT2D eigenvalue weighted by Gasteiger charge is -2.45. The van der Waals surface area contributed by atoms with E-state index in [2.05, 4.69) is 333 Å². The molecular formula is C94H65BN6OS. The fourth-order valence-electron chi connectivity index (χ4n) is 16.9. The summed E-state index contributed by atoms with van der Waals surface area (Å²) in [5, 5.41) is 29.7. The number of nitrogens with zero attached hydrogens (tertiary/aromatic N) is 6. The summed E-state index contributed by atoms with van der Waals surface area (Å²) in [4.78, 5) is 5.21. The predicted octanol–water partition coefficient (Wildman–Crippen LogP) is 23.6. The lowest BCUT2D eigenvalue weighted by Crippen LogP contribution is -2.61. The Kier molecular flexibility index (Phi) is 13.1. The van der Waals surface area contributed by atoms with Gasteiger partial charge in [-0.1, -0.05) is 187 Å². The van der Waals surface area contributed by atoms with Gasteiger partial charge in [0.1, 0.15) is 11.2 Å². The fourth-order valence-corrected chi connectivity index (χ4v) is 18.0. The molecule has 18 aromatic rings. The number of thiophene rings is 1. The molecule has 2 aliphatic rings. The van der Waals surface area contributed by atoms with Gasteiger partial charge in [-0.2, -0.15) is 10.5 Å². The van der Waals surface area contributed by atoms with Crippen LogP contribution >= 0.6 is 11.3 Å². The minimum atomic E-state index is -0.296. The van der Waals surface area contributed by atoms with Crippen molar-refractivity contribution in [1.29, 1.82) is 10.5 Å². The van der Waals surface area contributed by atoms with Gasteiger partial charge in [-0.3, -0.25) is 0 Å². The standard InChI is InChI=1S/C94H65BN6OS/c1-93(2,3)62-32-40-78(69(50-62)58-19-9-7-10-20-58)100-82-52-64(98-76-26-16-13-23-66(76)67-24-14-17-27-77(67)98)34-36-74(82)95-75-37-35-65(99-80-38-29-56(54-96)45-71(80)72-46-57(55-97)30-39-81(72)99)53-83(75)101(79-41-33-63(94(4,5)6)51-70(79)59-21-11-8-12-22-59)85-49-61(48-84(100)92(85)95)60-31-42-86-73(47-60)90-87(102-86)43-44-89-91(90)68-25-15-18-28-88(68)103-89/h7-53H,1-6H3. The van der Waals surface area contributed by atoms with Crippen LogP contribution in [0.15, 0.2) is 290 Å². The van der Waals surface area contributed by atoms with Crippen LogP contribution in [-0.4, -0.2) is 15.8 Å². The van der Waals surface area contributed by atoms with E-state index >= 15 is 0 Å². The summed E-state index contributed by atoms with van der Waals surface area (Å²) in [6.45, 7) is 13.5. The Bertz CT molecular complexity index is 6640. The molecular weight excluding hydrogens is 1270 g/mol. The van der Waals surface area contributed by atoms with Gasteiger partial charge in [0.2, 0.25) is 0 Å². The number of fused-ring (bicyclic) bond motifs is 17. The van der Waals surface area contributed by atoms with Crippen LogP contribution in [0.1, 0.15) is 63.8 Å². The monoisotopic (exact) mass is 1340 g/mol. The Morgan fingerprint density at radius 2 is 0.825 bits per heavy atom. The van der Waals surface area contributed by atoms with Crippen molar-refractivity contribution < 1.29 is 4.42 Å². The highest BCUT2D eigenvalue weighted by Crippen LogP contribution is 2.53. The van der Waals surface area contributed by atoms with Gasteiger partial charge in [-0.15, -0.1) is 11.3 Å². The van der Waals surface area contributed by atoms with Gasteiger partial charge in [-0.05, 0) is 200 Å². The number of para-hydroxylation sites is 2. The van der Waals surface area contributed by atoms with Crippen molar-refractivity contribution in [2.75, 3.05) is 9.80 Å². The number of aromatic nitrogens is 2. The highest BCUT2D eigenvalue weighted by atomic mass is 32.1. The molecule has 0 spiro atoms. The fraction of sp³-hybridized carbons (Fsp3) is 0.0851. The van der Waals surface area contributed by atoms with Crippen LogP contribution in [0.5, 0.6) is 0 Å². The molecule has 9 heteroatoms. The maximum absolute atomic E-state index is 10.4. The first kappa shape index (κ1) is 60.3. The van der Waals surface area contributed by atoms with E-state index < -0.39 is 0 Å². The minimum Gasteiger partial charge on any atom is -0.456 e. The molecule has 0 unspecified atom stereocenters. The molecule has 486 valence electrons. The summed E-state index contributed by atoms with van der Waals surface area (Å²) in [5.74, 6) is 0. The number of nitriles is 2. The Balaban J connectivity index is 0.948. The van der Waals surface area contributed by atoms with E-state index in [1.165, 1.54) is 53.0 Å². The molecule has 0 saturated carbocycles. The van der Waals surface area contributed by atoms with Crippen LogP contribution in [0.4, 0.5) is 34.1 Å². The zero-order chi connectivity index (χ0) is 69.3. The molecule has 0 N–H and O–H groups in total. The molecule has 7 nitrogen and oxygen atoms in total. The normalized spacial score (nSPS) is 12.9. The first-order valence-corrected chi connectivity index (χ1v) is 36.2. The Morgan fingerprint density at radius 3 is 1.35 bits per heavy atom. The summed E-state index contributed by atoms with van der Waals surface area (Å²) >= 11 is 1.83. The quantitative estimate of drug-likeness (QED) is 0.149. The van der Waals surface area contributed by atoms with Crippen LogP contribution in [0.25, 0.3) is 130 Å². The highest BCUT2D eigenvalue weighted by Gasteiger charge is 2.45. The third-order valence-electron chi connectivity index (χ3n) is 21.8. The van der Waals surface area contributed by atoms with Crippen LogP contribution in [0.2, 0.25) is 0 Å². The van der Waals surface area contributed by atoms with Crippen molar-refractivity contribution >= 4 is 154 Å². The first-order valence-electron chi connectivity index (χ1n) is 35.3. The Hall–Kier alpha value is -12.7. The maximum atomic E-state index is 10.4.